The number of aromatic nitrogens is 2. The molecule has 0 bridgehead atoms. The van der Waals surface area contributed by atoms with Crippen LogP contribution in [0.1, 0.15) is 65.6 Å². The van der Waals surface area contributed by atoms with E-state index in [9.17, 15) is 4.79 Å². The van der Waals surface area contributed by atoms with Crippen LogP contribution in [0.2, 0.25) is 0 Å². The molecular weight excluding hydrogens is 456 g/mol. The van der Waals surface area contributed by atoms with Gasteiger partial charge in [-0.15, -0.1) is 0 Å². The van der Waals surface area contributed by atoms with Crippen molar-refractivity contribution in [1.29, 1.82) is 0 Å². The first-order valence-electron chi connectivity index (χ1n) is 12.2. The van der Waals surface area contributed by atoms with Crippen LogP contribution < -0.4 is 5.32 Å². The van der Waals surface area contributed by atoms with Crippen LogP contribution in [0.3, 0.4) is 0 Å². The molecule has 1 aliphatic rings. The molecule has 0 radical (unpaired) electrons. The molecule has 6 nitrogen and oxygen atoms in total. The first-order chi connectivity index (χ1) is 16.9. The molecule has 3 heterocycles. The highest BCUT2D eigenvalue weighted by molar-refractivity contribution is 7.80. The number of pyridine rings is 1. The Morgan fingerprint density at radius 3 is 2.66 bits per heavy atom. The Hall–Kier alpha value is -3.19. The SMILES string of the molecule is CCc1cccc(C)c1-n1c(C)cc([C@H]2[C@H](c3ccccn3)NC(=S)N2CCCC(=O)OC)c1C. The van der Waals surface area contributed by atoms with E-state index >= 15 is 0 Å². The van der Waals surface area contributed by atoms with Crippen molar-refractivity contribution in [1.82, 2.24) is 19.8 Å². The molecule has 1 saturated heterocycles. The normalized spacial score (nSPS) is 17.5. The molecule has 0 aliphatic carbocycles. The summed E-state index contributed by atoms with van der Waals surface area (Å²) in [7, 11) is 1.43. The molecule has 3 aromatic rings. The van der Waals surface area contributed by atoms with Crippen molar-refractivity contribution in [2.24, 2.45) is 0 Å². The van der Waals surface area contributed by atoms with Crippen LogP contribution in [0.5, 0.6) is 0 Å². The van der Waals surface area contributed by atoms with Crippen molar-refractivity contribution in [3.05, 3.63) is 82.4 Å². The van der Waals surface area contributed by atoms with Gasteiger partial charge in [-0.05, 0) is 80.7 Å². The molecule has 1 fully saturated rings. The maximum Gasteiger partial charge on any atom is 0.305 e. The number of rotatable bonds is 8. The first kappa shape index (κ1) is 24.9. The molecule has 1 aromatic carbocycles. The minimum atomic E-state index is -0.203. The summed E-state index contributed by atoms with van der Waals surface area (Å²) in [5, 5.41) is 4.21. The zero-order valence-corrected chi connectivity index (χ0v) is 22.0. The van der Waals surface area contributed by atoms with Gasteiger partial charge in [-0.25, -0.2) is 0 Å². The number of carbonyl (C=O) groups excluding carboxylic acids is 1. The molecule has 0 unspecified atom stereocenters. The van der Waals surface area contributed by atoms with E-state index in [4.69, 9.17) is 17.0 Å². The number of carbonyl (C=O) groups is 1. The number of thiocarbonyl (C=S) groups is 1. The summed E-state index contributed by atoms with van der Waals surface area (Å²) in [5.74, 6) is -0.203. The van der Waals surface area contributed by atoms with Gasteiger partial charge in [0.2, 0.25) is 0 Å². The van der Waals surface area contributed by atoms with Gasteiger partial charge in [-0.3, -0.25) is 9.78 Å². The second-order valence-electron chi connectivity index (χ2n) is 9.10. The molecule has 0 amide bonds. The van der Waals surface area contributed by atoms with Crippen LogP contribution >= 0.6 is 12.2 Å². The highest BCUT2D eigenvalue weighted by atomic mass is 32.1. The number of ether oxygens (including phenoxy) is 1. The third-order valence-corrected chi connectivity index (χ3v) is 7.27. The second kappa shape index (κ2) is 10.6. The van der Waals surface area contributed by atoms with E-state index in [-0.39, 0.29) is 18.1 Å². The summed E-state index contributed by atoms with van der Waals surface area (Å²) < 4.78 is 7.23. The van der Waals surface area contributed by atoms with Gasteiger partial charge in [0.1, 0.15) is 0 Å². The third-order valence-electron chi connectivity index (χ3n) is 6.92. The summed E-state index contributed by atoms with van der Waals surface area (Å²) >= 11 is 5.80. The zero-order chi connectivity index (χ0) is 25.1. The molecule has 1 aliphatic heterocycles. The number of para-hydroxylation sites is 1. The monoisotopic (exact) mass is 490 g/mol. The maximum absolute atomic E-state index is 11.8. The highest BCUT2D eigenvalue weighted by Gasteiger charge is 2.41. The average Bonchev–Trinajstić information content (AvgIpc) is 3.34. The lowest BCUT2D eigenvalue weighted by molar-refractivity contribution is -0.140. The van der Waals surface area contributed by atoms with Crippen molar-refractivity contribution in [2.45, 2.75) is 59.0 Å². The Morgan fingerprint density at radius 2 is 1.97 bits per heavy atom. The van der Waals surface area contributed by atoms with Crippen molar-refractivity contribution in [2.75, 3.05) is 13.7 Å². The van der Waals surface area contributed by atoms with Gasteiger partial charge >= 0.3 is 5.97 Å². The molecule has 35 heavy (non-hydrogen) atoms. The van der Waals surface area contributed by atoms with Gasteiger partial charge in [0.25, 0.3) is 0 Å². The van der Waals surface area contributed by atoms with E-state index in [0.29, 0.717) is 24.5 Å². The summed E-state index contributed by atoms with van der Waals surface area (Å²) in [5.41, 5.74) is 8.40. The van der Waals surface area contributed by atoms with Gasteiger partial charge in [0, 0.05) is 30.6 Å². The molecule has 0 saturated carbocycles. The summed E-state index contributed by atoms with van der Waals surface area (Å²) in [6.07, 6.45) is 3.81. The number of nitrogens with one attached hydrogen (secondary N) is 1. The standard InChI is InChI=1S/C28H34N4O2S/c1-6-21-12-9-11-18(2)26(21)32-19(3)17-22(20(32)4)27-25(23-13-7-8-15-29-23)30-28(35)31(27)16-10-14-24(33)34-5/h7-9,11-13,15,17,25,27H,6,10,14,16H2,1-5H3,(H,30,35)/t25-,27-/m0/s1. The van der Waals surface area contributed by atoms with Crippen LogP contribution in [0, 0.1) is 20.8 Å². The Labute approximate surface area is 213 Å². The number of aryl methyl sites for hydroxylation is 3. The van der Waals surface area contributed by atoms with E-state index in [1.807, 2.05) is 24.4 Å². The number of benzene rings is 1. The van der Waals surface area contributed by atoms with Gasteiger partial charge in [-0.2, -0.15) is 0 Å². The molecular formula is C28H34N4O2S. The Morgan fingerprint density at radius 1 is 1.17 bits per heavy atom. The first-order valence-corrected chi connectivity index (χ1v) is 12.6. The second-order valence-corrected chi connectivity index (χ2v) is 9.48. The fourth-order valence-electron chi connectivity index (χ4n) is 5.24. The average molecular weight is 491 g/mol. The fraction of sp³-hybridized carbons (Fsp3) is 0.393. The number of methoxy groups -OCH3 is 1. The third kappa shape index (κ3) is 4.82. The van der Waals surface area contributed by atoms with Crippen LogP contribution in [-0.4, -0.2) is 39.2 Å². The zero-order valence-electron chi connectivity index (χ0n) is 21.2. The molecule has 184 valence electrons. The Balaban J connectivity index is 1.80. The van der Waals surface area contributed by atoms with Crippen molar-refractivity contribution in [3.8, 4) is 5.69 Å². The van der Waals surface area contributed by atoms with E-state index in [1.165, 1.54) is 40.9 Å². The lowest BCUT2D eigenvalue weighted by Crippen LogP contribution is -2.31. The van der Waals surface area contributed by atoms with Crippen LogP contribution in [0.15, 0.2) is 48.7 Å². The van der Waals surface area contributed by atoms with Crippen LogP contribution in [0.4, 0.5) is 0 Å². The lowest BCUT2D eigenvalue weighted by atomic mass is 9.96. The summed E-state index contributed by atoms with van der Waals surface area (Å²) in [4.78, 5) is 18.6. The Kier molecular flexibility index (Phi) is 7.55. The quantitative estimate of drug-likeness (QED) is 0.342. The predicted octanol–water partition coefficient (Wildman–Crippen LogP) is 5.29. The maximum atomic E-state index is 11.8. The van der Waals surface area contributed by atoms with E-state index in [0.717, 1.165) is 12.1 Å². The van der Waals surface area contributed by atoms with Gasteiger partial charge in [0.15, 0.2) is 5.11 Å². The van der Waals surface area contributed by atoms with Gasteiger partial charge in [0.05, 0.1) is 30.6 Å². The predicted molar refractivity (Wildman–Crippen MR) is 143 cm³/mol. The van der Waals surface area contributed by atoms with Gasteiger partial charge in [-0.1, -0.05) is 31.2 Å². The molecule has 7 heteroatoms. The van der Waals surface area contributed by atoms with Crippen LogP contribution in [-0.2, 0) is 16.0 Å². The Bertz CT molecular complexity index is 1220. The van der Waals surface area contributed by atoms with Crippen LogP contribution in [0.25, 0.3) is 5.69 Å². The number of esters is 1. The molecule has 2 atom stereocenters. The largest absolute Gasteiger partial charge is 0.469 e. The van der Waals surface area contributed by atoms with Gasteiger partial charge < -0.3 is 19.5 Å². The van der Waals surface area contributed by atoms with E-state index in [2.05, 4.69) is 71.7 Å². The number of nitrogens with zero attached hydrogens (tertiary/aromatic N) is 3. The number of hydrogen-bond acceptors (Lipinski definition) is 4. The lowest BCUT2D eigenvalue weighted by Gasteiger charge is -2.28. The smallest absolute Gasteiger partial charge is 0.305 e. The van der Waals surface area contributed by atoms with Crippen molar-refractivity contribution >= 4 is 23.3 Å². The topological polar surface area (TPSA) is 59.4 Å². The highest BCUT2D eigenvalue weighted by Crippen LogP contribution is 2.42. The number of hydrogen-bond donors (Lipinski definition) is 1. The molecule has 1 N–H and O–H groups in total. The fourth-order valence-corrected chi connectivity index (χ4v) is 5.57. The van der Waals surface area contributed by atoms with Crippen molar-refractivity contribution in [3.63, 3.8) is 0 Å². The molecule has 0 spiro atoms. The van der Waals surface area contributed by atoms with E-state index < -0.39 is 0 Å². The minimum absolute atomic E-state index is 0.0379. The molecule has 2 aromatic heterocycles. The van der Waals surface area contributed by atoms with Crippen molar-refractivity contribution < 1.29 is 9.53 Å². The molecule has 4 rings (SSSR count). The summed E-state index contributed by atoms with van der Waals surface area (Å²) in [6, 6.07) is 14.7. The summed E-state index contributed by atoms with van der Waals surface area (Å²) in [6.45, 7) is 9.39. The minimum Gasteiger partial charge on any atom is -0.469 e. The van der Waals surface area contributed by atoms with E-state index in [1.54, 1.807) is 0 Å².